The molecule has 1 aromatic heterocycles. The van der Waals surface area contributed by atoms with Gasteiger partial charge in [0.05, 0.1) is 5.52 Å². The molecule has 2 heterocycles. The zero-order chi connectivity index (χ0) is 13.8. The number of piperidine rings is 1. The lowest BCUT2D eigenvalue weighted by atomic mass is 10.1. The van der Waals surface area contributed by atoms with E-state index in [4.69, 9.17) is 5.73 Å². The predicted molar refractivity (Wildman–Crippen MR) is 82.7 cm³/mol. The van der Waals surface area contributed by atoms with Gasteiger partial charge in [0.25, 0.3) is 0 Å². The molecule has 20 heavy (non-hydrogen) atoms. The molecule has 1 aliphatic rings. The number of aromatic nitrogens is 2. The Bertz CT molecular complexity index is 577. The van der Waals surface area contributed by atoms with E-state index in [1.807, 2.05) is 18.2 Å². The summed E-state index contributed by atoms with van der Waals surface area (Å²) >= 11 is 0. The molecule has 3 N–H and O–H groups in total. The van der Waals surface area contributed by atoms with Crippen molar-refractivity contribution in [1.82, 2.24) is 14.9 Å². The van der Waals surface area contributed by atoms with Gasteiger partial charge in [-0.05, 0) is 44.1 Å². The Balaban J connectivity index is 1.65. The molecule has 0 aliphatic carbocycles. The summed E-state index contributed by atoms with van der Waals surface area (Å²) in [5.41, 5.74) is 7.41. The topological polar surface area (TPSA) is 67.1 Å². The molecule has 3 rings (SSSR count). The Morgan fingerprint density at radius 2 is 2.00 bits per heavy atom. The highest BCUT2D eigenvalue weighted by Gasteiger charge is 2.09. The van der Waals surface area contributed by atoms with E-state index in [9.17, 15) is 0 Å². The minimum absolute atomic E-state index is 0.732. The summed E-state index contributed by atoms with van der Waals surface area (Å²) in [5.74, 6) is 0.895. The van der Waals surface area contributed by atoms with E-state index >= 15 is 0 Å². The quantitative estimate of drug-likeness (QED) is 0.834. The van der Waals surface area contributed by atoms with Gasteiger partial charge in [0.1, 0.15) is 12.1 Å². The maximum Gasteiger partial charge on any atom is 0.137 e. The summed E-state index contributed by atoms with van der Waals surface area (Å²) in [6.45, 7) is 4.43. The fraction of sp³-hybridized carbons (Fsp3) is 0.467. The van der Waals surface area contributed by atoms with Crippen molar-refractivity contribution in [3.05, 3.63) is 24.5 Å². The van der Waals surface area contributed by atoms with E-state index in [1.54, 1.807) is 6.33 Å². The largest absolute Gasteiger partial charge is 0.399 e. The maximum absolute atomic E-state index is 5.78. The van der Waals surface area contributed by atoms with Crippen LogP contribution in [0, 0.1) is 0 Å². The molecular formula is C15H21N5. The molecular weight excluding hydrogens is 250 g/mol. The number of nitrogens with zero attached hydrogens (tertiary/aromatic N) is 3. The summed E-state index contributed by atoms with van der Waals surface area (Å²) in [4.78, 5) is 11.1. The highest BCUT2D eigenvalue weighted by molar-refractivity contribution is 5.90. The van der Waals surface area contributed by atoms with Gasteiger partial charge in [0.2, 0.25) is 0 Å². The molecule has 0 radical (unpaired) electrons. The number of rotatable bonds is 4. The molecule has 2 aromatic rings. The fourth-order valence-electron chi connectivity index (χ4n) is 2.73. The number of hydrogen-bond donors (Lipinski definition) is 2. The van der Waals surface area contributed by atoms with Crippen LogP contribution in [0.1, 0.15) is 19.3 Å². The normalized spacial score (nSPS) is 16.4. The second-order valence-corrected chi connectivity index (χ2v) is 5.33. The zero-order valence-electron chi connectivity index (χ0n) is 11.7. The molecule has 0 amide bonds. The number of likely N-dealkylation sites (tertiary alicyclic amines) is 1. The van der Waals surface area contributed by atoms with E-state index in [0.29, 0.717) is 0 Å². The Kier molecular flexibility index (Phi) is 3.97. The fourth-order valence-corrected chi connectivity index (χ4v) is 2.73. The van der Waals surface area contributed by atoms with Gasteiger partial charge in [-0.2, -0.15) is 0 Å². The number of benzene rings is 1. The number of nitrogens with one attached hydrogen (secondary N) is 1. The lowest BCUT2D eigenvalue weighted by Crippen LogP contribution is -2.33. The van der Waals surface area contributed by atoms with Crippen molar-refractivity contribution in [2.24, 2.45) is 0 Å². The van der Waals surface area contributed by atoms with Crippen LogP contribution in [0.3, 0.4) is 0 Å². The van der Waals surface area contributed by atoms with Crippen molar-refractivity contribution in [3.63, 3.8) is 0 Å². The van der Waals surface area contributed by atoms with Crippen LogP contribution < -0.4 is 11.1 Å². The van der Waals surface area contributed by atoms with Gasteiger partial charge in [0.15, 0.2) is 0 Å². The lowest BCUT2D eigenvalue weighted by Gasteiger charge is -2.26. The van der Waals surface area contributed by atoms with Crippen LogP contribution in [0.25, 0.3) is 10.9 Å². The van der Waals surface area contributed by atoms with Gasteiger partial charge in [0, 0.05) is 24.2 Å². The summed E-state index contributed by atoms with van der Waals surface area (Å²) in [5, 5.41) is 4.45. The van der Waals surface area contributed by atoms with Gasteiger partial charge in [-0.15, -0.1) is 0 Å². The van der Waals surface area contributed by atoms with Crippen LogP contribution in [0.2, 0.25) is 0 Å². The number of nitrogen functional groups attached to an aromatic ring is 1. The highest BCUT2D eigenvalue weighted by atomic mass is 15.1. The smallest absolute Gasteiger partial charge is 0.137 e. The number of hydrogen-bond acceptors (Lipinski definition) is 5. The van der Waals surface area contributed by atoms with E-state index < -0.39 is 0 Å². The van der Waals surface area contributed by atoms with Gasteiger partial charge in [-0.25, -0.2) is 9.97 Å². The highest BCUT2D eigenvalue weighted by Crippen LogP contribution is 2.21. The molecule has 0 saturated carbocycles. The summed E-state index contributed by atoms with van der Waals surface area (Å²) in [7, 11) is 0. The second kappa shape index (κ2) is 6.05. The summed E-state index contributed by atoms with van der Waals surface area (Å²) in [6.07, 6.45) is 5.62. The first-order chi connectivity index (χ1) is 9.83. The lowest BCUT2D eigenvalue weighted by molar-refractivity contribution is 0.237. The Morgan fingerprint density at radius 3 is 2.85 bits per heavy atom. The van der Waals surface area contributed by atoms with Crippen LogP contribution in [0.15, 0.2) is 24.5 Å². The molecule has 0 unspecified atom stereocenters. The number of anilines is 2. The number of fused-ring (bicyclic) bond motifs is 1. The first kappa shape index (κ1) is 13.1. The third kappa shape index (κ3) is 2.99. The molecule has 0 atom stereocenters. The molecule has 0 bridgehead atoms. The standard InChI is InChI=1S/C15H21N5/c16-12-4-5-13-14(10-12)18-11-19-15(13)17-6-9-20-7-2-1-3-8-20/h4-5,10-11H,1-3,6-9,16H2,(H,17,18,19). The van der Waals surface area contributed by atoms with Gasteiger partial charge < -0.3 is 16.0 Å². The maximum atomic E-state index is 5.78. The second-order valence-electron chi connectivity index (χ2n) is 5.33. The molecule has 1 saturated heterocycles. The van der Waals surface area contributed by atoms with Crippen molar-refractivity contribution < 1.29 is 0 Å². The monoisotopic (exact) mass is 271 g/mol. The van der Waals surface area contributed by atoms with Crippen LogP contribution in [-0.2, 0) is 0 Å². The Labute approximate surface area is 119 Å². The zero-order valence-corrected chi connectivity index (χ0v) is 11.7. The van der Waals surface area contributed by atoms with Crippen LogP contribution in [0.5, 0.6) is 0 Å². The molecule has 1 aromatic carbocycles. The van der Waals surface area contributed by atoms with Crippen molar-refractivity contribution in [1.29, 1.82) is 0 Å². The Hall–Kier alpha value is -1.88. The van der Waals surface area contributed by atoms with Gasteiger partial charge in [-0.3, -0.25) is 0 Å². The first-order valence-electron chi connectivity index (χ1n) is 7.29. The average molecular weight is 271 g/mol. The third-order valence-corrected chi connectivity index (χ3v) is 3.83. The molecule has 5 nitrogen and oxygen atoms in total. The molecule has 0 spiro atoms. The summed E-state index contributed by atoms with van der Waals surface area (Å²) < 4.78 is 0. The van der Waals surface area contributed by atoms with Crippen molar-refractivity contribution in [3.8, 4) is 0 Å². The minimum atomic E-state index is 0.732. The first-order valence-corrected chi connectivity index (χ1v) is 7.29. The molecule has 1 aliphatic heterocycles. The van der Waals surface area contributed by atoms with Crippen LogP contribution in [0.4, 0.5) is 11.5 Å². The van der Waals surface area contributed by atoms with Crippen molar-refractivity contribution in [2.45, 2.75) is 19.3 Å². The third-order valence-electron chi connectivity index (χ3n) is 3.83. The van der Waals surface area contributed by atoms with Crippen molar-refractivity contribution >= 4 is 22.4 Å². The SMILES string of the molecule is Nc1ccc2c(NCCN3CCCCC3)ncnc2c1. The van der Waals surface area contributed by atoms with E-state index in [1.165, 1.54) is 32.4 Å². The van der Waals surface area contributed by atoms with E-state index in [0.717, 1.165) is 35.5 Å². The Morgan fingerprint density at radius 1 is 1.15 bits per heavy atom. The summed E-state index contributed by atoms with van der Waals surface area (Å²) in [6, 6.07) is 5.75. The molecule has 106 valence electrons. The predicted octanol–water partition coefficient (Wildman–Crippen LogP) is 2.11. The van der Waals surface area contributed by atoms with E-state index in [2.05, 4.69) is 20.2 Å². The van der Waals surface area contributed by atoms with Gasteiger partial charge >= 0.3 is 0 Å². The van der Waals surface area contributed by atoms with Crippen LogP contribution in [-0.4, -0.2) is 41.0 Å². The van der Waals surface area contributed by atoms with Crippen LogP contribution >= 0.6 is 0 Å². The van der Waals surface area contributed by atoms with Crippen molar-refractivity contribution in [2.75, 3.05) is 37.2 Å². The van der Waals surface area contributed by atoms with Gasteiger partial charge in [-0.1, -0.05) is 6.42 Å². The average Bonchev–Trinajstić information content (AvgIpc) is 2.48. The number of nitrogens with two attached hydrogens (primary N) is 1. The minimum Gasteiger partial charge on any atom is -0.399 e. The van der Waals surface area contributed by atoms with E-state index in [-0.39, 0.29) is 0 Å². The molecule has 1 fully saturated rings. The molecule has 5 heteroatoms.